The summed E-state index contributed by atoms with van der Waals surface area (Å²) < 4.78 is 7.06. The minimum Gasteiger partial charge on any atom is -0.494 e. The van der Waals surface area contributed by atoms with Gasteiger partial charge < -0.3 is 15.4 Å². The van der Waals surface area contributed by atoms with Crippen molar-refractivity contribution in [3.8, 4) is 5.75 Å². The van der Waals surface area contributed by atoms with Gasteiger partial charge in [0.15, 0.2) is 0 Å². The standard InChI is InChI=1S/C20H21N5O3/c1-2-28-18-9-7-17(8-10-18)24-20(27)19(26)22-11-15-3-5-16(6-4-15)12-25-14-21-13-23-25/h3-10,13-14H,2,11-12H2,1H3,(H,22,26)(H,24,27). The van der Waals surface area contributed by atoms with Crippen LogP contribution in [0.4, 0.5) is 5.69 Å². The number of nitrogens with one attached hydrogen (secondary N) is 2. The summed E-state index contributed by atoms with van der Waals surface area (Å²) in [5.41, 5.74) is 2.49. The second-order valence-corrected chi connectivity index (χ2v) is 6.00. The fourth-order valence-electron chi connectivity index (χ4n) is 2.52. The lowest BCUT2D eigenvalue weighted by molar-refractivity contribution is -0.136. The second kappa shape index (κ2) is 9.31. The molecule has 0 saturated heterocycles. The van der Waals surface area contributed by atoms with Crippen LogP contribution in [0.25, 0.3) is 0 Å². The number of anilines is 1. The predicted molar refractivity (Wildman–Crippen MR) is 104 cm³/mol. The maximum Gasteiger partial charge on any atom is 0.313 e. The maximum atomic E-state index is 12.0. The Balaban J connectivity index is 1.47. The van der Waals surface area contributed by atoms with E-state index in [1.807, 2.05) is 31.2 Å². The molecule has 8 heteroatoms. The molecule has 0 aliphatic rings. The lowest BCUT2D eigenvalue weighted by Gasteiger charge is -2.08. The fraction of sp³-hybridized carbons (Fsp3) is 0.200. The van der Waals surface area contributed by atoms with E-state index in [4.69, 9.17) is 4.74 Å². The molecule has 0 spiro atoms. The van der Waals surface area contributed by atoms with Crippen LogP contribution >= 0.6 is 0 Å². The van der Waals surface area contributed by atoms with Gasteiger partial charge in [-0.3, -0.25) is 9.59 Å². The molecule has 3 rings (SSSR count). The zero-order valence-electron chi connectivity index (χ0n) is 15.5. The van der Waals surface area contributed by atoms with Gasteiger partial charge in [0, 0.05) is 12.2 Å². The number of rotatable bonds is 7. The highest BCUT2D eigenvalue weighted by atomic mass is 16.5. The minimum atomic E-state index is -0.716. The Morgan fingerprint density at radius 2 is 1.71 bits per heavy atom. The van der Waals surface area contributed by atoms with Crippen molar-refractivity contribution in [2.24, 2.45) is 0 Å². The van der Waals surface area contributed by atoms with E-state index in [-0.39, 0.29) is 6.54 Å². The van der Waals surface area contributed by atoms with Gasteiger partial charge in [-0.1, -0.05) is 24.3 Å². The molecule has 2 aromatic carbocycles. The highest BCUT2D eigenvalue weighted by Crippen LogP contribution is 2.15. The van der Waals surface area contributed by atoms with Crippen LogP contribution in [-0.2, 0) is 22.7 Å². The lowest BCUT2D eigenvalue weighted by atomic mass is 10.1. The molecule has 3 aromatic rings. The monoisotopic (exact) mass is 379 g/mol. The van der Waals surface area contributed by atoms with Gasteiger partial charge >= 0.3 is 11.8 Å². The molecule has 0 saturated carbocycles. The number of aromatic nitrogens is 3. The van der Waals surface area contributed by atoms with E-state index in [2.05, 4.69) is 20.7 Å². The van der Waals surface area contributed by atoms with Gasteiger partial charge in [-0.15, -0.1) is 0 Å². The smallest absolute Gasteiger partial charge is 0.313 e. The summed E-state index contributed by atoms with van der Waals surface area (Å²) in [4.78, 5) is 27.9. The summed E-state index contributed by atoms with van der Waals surface area (Å²) in [5, 5.41) is 9.23. The van der Waals surface area contributed by atoms with E-state index >= 15 is 0 Å². The zero-order valence-corrected chi connectivity index (χ0v) is 15.5. The van der Waals surface area contributed by atoms with E-state index in [0.29, 0.717) is 24.6 Å². The SMILES string of the molecule is CCOc1ccc(NC(=O)C(=O)NCc2ccc(Cn3cncn3)cc2)cc1. The van der Waals surface area contributed by atoms with Gasteiger partial charge in [0.25, 0.3) is 0 Å². The van der Waals surface area contributed by atoms with Crippen molar-refractivity contribution < 1.29 is 14.3 Å². The van der Waals surface area contributed by atoms with E-state index < -0.39 is 11.8 Å². The second-order valence-electron chi connectivity index (χ2n) is 6.00. The molecule has 0 radical (unpaired) electrons. The number of hydrogen-bond donors (Lipinski definition) is 2. The first kappa shape index (κ1) is 19.1. The van der Waals surface area contributed by atoms with Crippen molar-refractivity contribution in [3.63, 3.8) is 0 Å². The van der Waals surface area contributed by atoms with Gasteiger partial charge in [-0.25, -0.2) is 9.67 Å². The van der Waals surface area contributed by atoms with Crippen molar-refractivity contribution >= 4 is 17.5 Å². The van der Waals surface area contributed by atoms with Gasteiger partial charge in [0.05, 0.1) is 13.2 Å². The third kappa shape index (κ3) is 5.41. The van der Waals surface area contributed by atoms with Crippen LogP contribution < -0.4 is 15.4 Å². The van der Waals surface area contributed by atoms with E-state index in [1.54, 1.807) is 35.3 Å². The normalized spacial score (nSPS) is 10.3. The number of carbonyl (C=O) groups is 2. The van der Waals surface area contributed by atoms with Gasteiger partial charge in [-0.2, -0.15) is 5.10 Å². The topological polar surface area (TPSA) is 98.1 Å². The molecule has 28 heavy (non-hydrogen) atoms. The minimum absolute atomic E-state index is 0.263. The van der Waals surface area contributed by atoms with Gasteiger partial charge in [-0.05, 0) is 42.3 Å². The van der Waals surface area contributed by atoms with Gasteiger partial charge in [0.1, 0.15) is 18.4 Å². The molecular formula is C20H21N5O3. The Hall–Kier alpha value is -3.68. The Morgan fingerprint density at radius 1 is 1.00 bits per heavy atom. The van der Waals surface area contributed by atoms with Crippen LogP contribution in [0.5, 0.6) is 5.75 Å². The number of ether oxygens (including phenoxy) is 1. The molecule has 0 atom stereocenters. The Kier molecular flexibility index (Phi) is 6.35. The Bertz CT molecular complexity index is 906. The molecule has 2 amide bonds. The molecule has 0 bridgehead atoms. The average molecular weight is 379 g/mol. The number of hydrogen-bond acceptors (Lipinski definition) is 5. The van der Waals surface area contributed by atoms with Crippen molar-refractivity contribution in [2.75, 3.05) is 11.9 Å². The third-order valence-corrected chi connectivity index (χ3v) is 3.92. The first-order valence-electron chi connectivity index (χ1n) is 8.86. The van der Waals surface area contributed by atoms with E-state index in [9.17, 15) is 9.59 Å². The van der Waals surface area contributed by atoms with Gasteiger partial charge in [0.2, 0.25) is 0 Å². The molecule has 0 aliphatic heterocycles. The summed E-state index contributed by atoms with van der Waals surface area (Å²) in [6, 6.07) is 14.5. The van der Waals surface area contributed by atoms with Crippen LogP contribution in [-0.4, -0.2) is 33.2 Å². The van der Waals surface area contributed by atoms with E-state index in [0.717, 1.165) is 11.1 Å². The van der Waals surface area contributed by atoms with Crippen molar-refractivity contribution in [3.05, 3.63) is 72.3 Å². The molecule has 8 nitrogen and oxygen atoms in total. The summed E-state index contributed by atoms with van der Waals surface area (Å²) in [6.45, 7) is 3.34. The number of carbonyl (C=O) groups excluding carboxylic acids is 2. The van der Waals surface area contributed by atoms with Crippen molar-refractivity contribution in [1.82, 2.24) is 20.1 Å². The quantitative estimate of drug-likeness (QED) is 0.612. The highest BCUT2D eigenvalue weighted by Gasteiger charge is 2.13. The molecular weight excluding hydrogens is 358 g/mol. The van der Waals surface area contributed by atoms with E-state index in [1.165, 1.54) is 6.33 Å². The lowest BCUT2D eigenvalue weighted by Crippen LogP contribution is -2.34. The first-order valence-corrected chi connectivity index (χ1v) is 8.86. The molecule has 144 valence electrons. The summed E-state index contributed by atoms with van der Waals surface area (Å²) >= 11 is 0. The fourth-order valence-corrected chi connectivity index (χ4v) is 2.52. The van der Waals surface area contributed by atoms with Crippen LogP contribution in [0.3, 0.4) is 0 Å². The van der Waals surface area contributed by atoms with Crippen LogP contribution in [0.15, 0.2) is 61.2 Å². The van der Waals surface area contributed by atoms with Crippen molar-refractivity contribution in [2.45, 2.75) is 20.0 Å². The maximum absolute atomic E-state index is 12.0. The molecule has 0 fully saturated rings. The number of nitrogens with zero attached hydrogens (tertiary/aromatic N) is 3. The molecule has 0 unspecified atom stereocenters. The molecule has 1 heterocycles. The largest absolute Gasteiger partial charge is 0.494 e. The summed E-state index contributed by atoms with van der Waals surface area (Å²) in [7, 11) is 0. The Labute approximate surface area is 162 Å². The zero-order chi connectivity index (χ0) is 19.8. The highest BCUT2D eigenvalue weighted by molar-refractivity contribution is 6.39. The first-order chi connectivity index (χ1) is 13.6. The number of amides is 2. The summed E-state index contributed by atoms with van der Waals surface area (Å²) in [6.07, 6.45) is 3.14. The summed E-state index contributed by atoms with van der Waals surface area (Å²) in [5.74, 6) is -0.704. The van der Waals surface area contributed by atoms with Crippen molar-refractivity contribution in [1.29, 1.82) is 0 Å². The predicted octanol–water partition coefficient (Wildman–Crippen LogP) is 1.98. The Morgan fingerprint density at radius 3 is 2.36 bits per heavy atom. The van der Waals surface area contributed by atoms with Crippen LogP contribution in [0.1, 0.15) is 18.1 Å². The molecule has 1 aromatic heterocycles. The molecule has 0 aliphatic carbocycles. The average Bonchev–Trinajstić information content (AvgIpc) is 3.22. The van der Waals surface area contributed by atoms with Crippen LogP contribution in [0, 0.1) is 0 Å². The third-order valence-electron chi connectivity index (χ3n) is 3.92. The molecule has 2 N–H and O–H groups in total. The number of benzene rings is 2. The van der Waals surface area contributed by atoms with Crippen LogP contribution in [0.2, 0.25) is 0 Å².